The van der Waals surface area contributed by atoms with Crippen LogP contribution in [0.3, 0.4) is 0 Å². The van der Waals surface area contributed by atoms with Crippen LogP contribution in [-0.4, -0.2) is 23.8 Å². The van der Waals surface area contributed by atoms with Gasteiger partial charge in [-0.05, 0) is 71.6 Å². The van der Waals surface area contributed by atoms with Gasteiger partial charge in [0.2, 0.25) is 0 Å². The van der Waals surface area contributed by atoms with Crippen molar-refractivity contribution >= 4 is 5.97 Å². The largest absolute Gasteiger partial charge is 0.481 e. The summed E-state index contributed by atoms with van der Waals surface area (Å²) < 4.78 is 19.5. The number of hydrogen-bond donors (Lipinski definition) is 2. The molecule has 3 atom stereocenters. The number of nitrogens with one attached hydrogen (secondary N) is 1. The van der Waals surface area contributed by atoms with Crippen LogP contribution in [0.5, 0.6) is 0 Å². The van der Waals surface area contributed by atoms with E-state index >= 15 is 0 Å². The van der Waals surface area contributed by atoms with Gasteiger partial charge in [0.25, 0.3) is 0 Å². The molecule has 1 aliphatic carbocycles. The Bertz CT molecular complexity index is 1300. The first kappa shape index (κ1) is 26.9. The maximum atomic E-state index is 13.2. The Morgan fingerprint density at radius 3 is 2.51 bits per heavy atom. The van der Waals surface area contributed by atoms with Crippen molar-refractivity contribution in [2.45, 2.75) is 50.2 Å². The summed E-state index contributed by atoms with van der Waals surface area (Å²) >= 11 is 0. The average Bonchev–Trinajstić information content (AvgIpc) is 3.53. The molecule has 3 aromatic rings. The number of allylic oxidation sites excluding steroid dienone is 2. The molecule has 0 amide bonds. The minimum atomic E-state index is -0.761. The second-order valence-corrected chi connectivity index (χ2v) is 10.3. The van der Waals surface area contributed by atoms with Crippen LogP contribution in [0.1, 0.15) is 43.2 Å². The van der Waals surface area contributed by atoms with E-state index < -0.39 is 5.97 Å². The lowest BCUT2D eigenvalue weighted by atomic mass is 9.70. The molecule has 1 heterocycles. The quantitative estimate of drug-likeness (QED) is 0.151. The minimum Gasteiger partial charge on any atom is -0.481 e. The maximum Gasteiger partial charge on any atom is 0.303 e. The van der Waals surface area contributed by atoms with Gasteiger partial charge >= 0.3 is 5.97 Å². The van der Waals surface area contributed by atoms with Crippen molar-refractivity contribution in [3.8, 4) is 11.1 Å². The molecule has 0 spiro atoms. The summed E-state index contributed by atoms with van der Waals surface area (Å²) in [6, 6.07) is 25.5. The van der Waals surface area contributed by atoms with Crippen LogP contribution in [0.25, 0.3) is 11.1 Å². The highest BCUT2D eigenvalue weighted by atomic mass is 19.1. The van der Waals surface area contributed by atoms with Gasteiger partial charge in [-0.25, -0.2) is 4.39 Å². The second-order valence-electron chi connectivity index (χ2n) is 10.3. The molecule has 2 fully saturated rings. The van der Waals surface area contributed by atoms with Gasteiger partial charge in [0, 0.05) is 18.0 Å². The Balaban J connectivity index is 1.33. The van der Waals surface area contributed by atoms with E-state index in [0.717, 1.165) is 24.8 Å². The average molecular weight is 528 g/mol. The van der Waals surface area contributed by atoms with Crippen LogP contribution in [0.2, 0.25) is 0 Å². The Morgan fingerprint density at radius 1 is 1.03 bits per heavy atom. The first-order chi connectivity index (χ1) is 19.0. The molecule has 2 N–H and O–H groups in total. The number of hydrogen-bond acceptors (Lipinski definition) is 4. The molecule has 5 nitrogen and oxygen atoms in total. The Hall–Kier alpha value is -3.74. The number of rotatable bonds is 12. The Morgan fingerprint density at radius 2 is 1.77 bits per heavy atom. The highest BCUT2D eigenvalue weighted by Gasteiger charge is 2.56. The normalized spacial score (nSPS) is 23.1. The third-order valence-corrected chi connectivity index (χ3v) is 7.86. The number of aliphatic carboxylic acids is 1. The van der Waals surface area contributed by atoms with E-state index in [-0.39, 0.29) is 29.7 Å². The number of ether oxygens (including phenoxy) is 1. The Kier molecular flexibility index (Phi) is 8.54. The van der Waals surface area contributed by atoms with Gasteiger partial charge in [-0.2, -0.15) is 0 Å². The van der Waals surface area contributed by atoms with E-state index in [2.05, 4.69) is 66.2 Å². The van der Waals surface area contributed by atoms with Crippen molar-refractivity contribution in [3.05, 3.63) is 120 Å². The van der Waals surface area contributed by atoms with Crippen molar-refractivity contribution in [2.75, 3.05) is 6.61 Å². The lowest BCUT2D eigenvalue weighted by Gasteiger charge is -2.36. The zero-order valence-electron chi connectivity index (χ0n) is 21.9. The standard InChI is InChI=1S/C33H34FNO4/c34-28-18-12-24(13-19-28)22-39-35-21-29-30(10-6-1-2-7-11-32(36)37)33(20-31(29)38-23-33)27-16-14-26(15-17-27)25-8-4-3-5-9-25/h1,3-6,8-9,12-19,21,30-31,35H,2,7,10-11,20,22-23H2,(H,36,37)/t30-,31-,33-/m0/s1. The van der Waals surface area contributed by atoms with Crippen molar-refractivity contribution < 1.29 is 23.9 Å². The number of unbranched alkanes of at least 4 members (excludes halogenated alkanes) is 1. The van der Waals surface area contributed by atoms with E-state index in [1.54, 1.807) is 12.1 Å². The first-order valence-electron chi connectivity index (χ1n) is 13.5. The van der Waals surface area contributed by atoms with E-state index in [4.69, 9.17) is 14.7 Å². The van der Waals surface area contributed by atoms with Crippen molar-refractivity contribution in [2.24, 2.45) is 5.92 Å². The molecule has 0 aromatic heterocycles. The smallest absolute Gasteiger partial charge is 0.303 e. The number of fused-ring (bicyclic) bond motifs is 2. The number of carboxylic acid groups (broad SMARTS) is 1. The van der Waals surface area contributed by atoms with Crippen LogP contribution < -0.4 is 5.48 Å². The fourth-order valence-electron chi connectivity index (χ4n) is 5.82. The molecule has 1 saturated heterocycles. The van der Waals surface area contributed by atoms with Crippen molar-refractivity contribution in [1.82, 2.24) is 5.48 Å². The summed E-state index contributed by atoms with van der Waals surface area (Å²) in [6.07, 6.45) is 9.51. The molecule has 6 heteroatoms. The van der Waals surface area contributed by atoms with Gasteiger partial charge in [-0.3, -0.25) is 15.1 Å². The number of benzene rings is 3. The molecule has 3 aromatic carbocycles. The molecule has 1 saturated carbocycles. The summed E-state index contributed by atoms with van der Waals surface area (Å²) in [5.41, 5.74) is 8.55. The molecular weight excluding hydrogens is 493 g/mol. The molecule has 202 valence electrons. The first-order valence-corrected chi connectivity index (χ1v) is 13.5. The lowest BCUT2D eigenvalue weighted by molar-refractivity contribution is -0.137. The van der Waals surface area contributed by atoms with Gasteiger partial charge in [0.1, 0.15) is 5.82 Å². The van der Waals surface area contributed by atoms with E-state index in [9.17, 15) is 9.18 Å². The molecule has 0 unspecified atom stereocenters. The SMILES string of the molecule is O=C(O)CCCC=CC[C@H]1C(=CNOCc2ccc(F)cc2)[C@@H]2C[C@@]1(c1ccc(-c3ccccc3)cc1)CO2. The third kappa shape index (κ3) is 6.29. The number of carboxylic acids is 1. The second kappa shape index (κ2) is 12.4. The lowest BCUT2D eigenvalue weighted by Crippen LogP contribution is -2.36. The highest BCUT2D eigenvalue weighted by molar-refractivity contribution is 5.66. The van der Waals surface area contributed by atoms with Gasteiger partial charge < -0.3 is 9.84 Å². The summed E-state index contributed by atoms with van der Waals surface area (Å²) in [6.45, 7) is 0.976. The summed E-state index contributed by atoms with van der Waals surface area (Å²) in [4.78, 5) is 16.5. The van der Waals surface area contributed by atoms with Crippen LogP contribution in [0.15, 0.2) is 103 Å². The van der Waals surface area contributed by atoms with Crippen LogP contribution >= 0.6 is 0 Å². The van der Waals surface area contributed by atoms with Gasteiger partial charge in [-0.15, -0.1) is 0 Å². The molecular formula is C33H34FNO4. The number of halogens is 1. The van der Waals surface area contributed by atoms with Gasteiger partial charge in [-0.1, -0.05) is 78.9 Å². The monoisotopic (exact) mass is 527 g/mol. The Labute approximate surface area is 228 Å². The zero-order valence-corrected chi connectivity index (χ0v) is 21.9. The fraction of sp³-hybridized carbons (Fsp3) is 0.303. The molecule has 39 heavy (non-hydrogen) atoms. The van der Waals surface area contributed by atoms with Crippen LogP contribution in [0.4, 0.5) is 4.39 Å². The third-order valence-electron chi connectivity index (χ3n) is 7.86. The number of carbonyl (C=O) groups is 1. The van der Waals surface area contributed by atoms with Gasteiger partial charge in [0.05, 0.1) is 19.3 Å². The van der Waals surface area contributed by atoms with Gasteiger partial charge in [0.15, 0.2) is 0 Å². The zero-order chi connectivity index (χ0) is 27.1. The van der Waals surface area contributed by atoms with Crippen molar-refractivity contribution in [3.63, 3.8) is 0 Å². The highest BCUT2D eigenvalue weighted by Crippen LogP contribution is 2.56. The van der Waals surface area contributed by atoms with E-state index in [1.165, 1.54) is 34.4 Å². The van der Waals surface area contributed by atoms with E-state index in [0.29, 0.717) is 19.6 Å². The fourth-order valence-corrected chi connectivity index (χ4v) is 5.82. The topological polar surface area (TPSA) is 67.8 Å². The molecule has 0 radical (unpaired) electrons. The van der Waals surface area contributed by atoms with Crippen molar-refractivity contribution in [1.29, 1.82) is 0 Å². The predicted molar refractivity (Wildman–Crippen MR) is 149 cm³/mol. The molecule has 5 rings (SSSR count). The number of hydroxylamine groups is 1. The van der Waals surface area contributed by atoms with Crippen LogP contribution in [-0.2, 0) is 26.4 Å². The molecule has 2 aliphatic rings. The van der Waals surface area contributed by atoms with Crippen LogP contribution in [0, 0.1) is 11.7 Å². The predicted octanol–water partition coefficient (Wildman–Crippen LogP) is 6.96. The molecule has 2 bridgehead atoms. The summed E-state index contributed by atoms with van der Waals surface area (Å²) in [7, 11) is 0. The maximum absolute atomic E-state index is 13.2. The summed E-state index contributed by atoms with van der Waals surface area (Å²) in [5.74, 6) is -0.811. The van der Waals surface area contributed by atoms with E-state index in [1.807, 2.05) is 12.3 Å². The minimum absolute atomic E-state index is 0.00568. The molecule has 1 aliphatic heterocycles. The summed E-state index contributed by atoms with van der Waals surface area (Å²) in [5, 5.41) is 8.91.